The third-order valence-corrected chi connectivity index (χ3v) is 4.59. The number of thiazole rings is 1. The van der Waals surface area contributed by atoms with E-state index in [1.54, 1.807) is 6.07 Å². The van der Waals surface area contributed by atoms with E-state index in [1.807, 2.05) is 11.4 Å². The highest BCUT2D eigenvalue weighted by Crippen LogP contribution is 2.27. The summed E-state index contributed by atoms with van der Waals surface area (Å²) in [4.78, 5) is 14.9. The van der Waals surface area contributed by atoms with E-state index in [1.165, 1.54) is 54.9 Å². The molecule has 7 heteroatoms. The number of nitrogens with zero attached hydrogens (tertiary/aromatic N) is 3. The molecule has 0 unspecified atom stereocenters. The Balaban J connectivity index is 1.71. The van der Waals surface area contributed by atoms with Crippen molar-refractivity contribution in [2.75, 3.05) is 5.43 Å². The topological polar surface area (TPSA) is 80.4 Å². The first-order valence-corrected chi connectivity index (χ1v) is 8.62. The van der Waals surface area contributed by atoms with Crippen molar-refractivity contribution in [3.8, 4) is 11.3 Å². The molecule has 0 spiro atoms. The quantitative estimate of drug-likeness (QED) is 0.494. The number of hydrazone groups is 1. The summed E-state index contributed by atoms with van der Waals surface area (Å²) in [7, 11) is 0. The number of hydrogen-bond donors (Lipinski definition) is 1. The lowest BCUT2D eigenvalue weighted by atomic mass is 10.1. The Hall–Kier alpha value is -2.28. The number of hydrogen-bond acceptors (Lipinski definition) is 6. The van der Waals surface area contributed by atoms with Crippen molar-refractivity contribution in [1.82, 2.24) is 4.98 Å². The average Bonchev–Trinajstić information content (AvgIpc) is 2.89. The largest absolute Gasteiger partial charge is 0.270 e. The number of nitro benzene ring substituents is 1. The van der Waals surface area contributed by atoms with E-state index in [0.29, 0.717) is 5.13 Å². The second kappa shape index (κ2) is 7.32. The number of nitro groups is 1. The van der Waals surface area contributed by atoms with Crippen LogP contribution in [-0.4, -0.2) is 15.6 Å². The molecule has 1 aromatic heterocycles. The molecule has 0 bridgehead atoms. The highest BCUT2D eigenvalue weighted by atomic mass is 32.1. The van der Waals surface area contributed by atoms with Gasteiger partial charge in [-0.15, -0.1) is 11.3 Å². The number of nitrogens with one attached hydrogen (secondary N) is 1. The third-order valence-electron chi connectivity index (χ3n) is 3.85. The molecule has 23 heavy (non-hydrogen) atoms. The van der Waals surface area contributed by atoms with Crippen molar-refractivity contribution in [1.29, 1.82) is 0 Å². The van der Waals surface area contributed by atoms with Gasteiger partial charge >= 0.3 is 0 Å². The fourth-order valence-electron chi connectivity index (χ4n) is 2.61. The molecule has 1 saturated carbocycles. The molecule has 0 amide bonds. The highest BCUT2D eigenvalue weighted by Gasteiger charge is 2.10. The van der Waals surface area contributed by atoms with Crippen molar-refractivity contribution in [2.24, 2.45) is 5.10 Å². The summed E-state index contributed by atoms with van der Waals surface area (Å²) in [5.41, 5.74) is 5.77. The molecule has 3 rings (SSSR count). The van der Waals surface area contributed by atoms with Crippen molar-refractivity contribution in [3.05, 3.63) is 39.8 Å². The van der Waals surface area contributed by atoms with Crippen LogP contribution < -0.4 is 5.43 Å². The van der Waals surface area contributed by atoms with Gasteiger partial charge in [0.15, 0.2) is 0 Å². The van der Waals surface area contributed by atoms with Crippen LogP contribution >= 0.6 is 11.3 Å². The van der Waals surface area contributed by atoms with Gasteiger partial charge < -0.3 is 0 Å². The Bertz CT molecular complexity index is 716. The van der Waals surface area contributed by atoms with Crippen LogP contribution in [0, 0.1) is 10.1 Å². The minimum Gasteiger partial charge on any atom is -0.258 e. The van der Waals surface area contributed by atoms with E-state index in [2.05, 4.69) is 15.5 Å². The number of aromatic nitrogens is 1. The lowest BCUT2D eigenvalue weighted by Gasteiger charge is -2.01. The summed E-state index contributed by atoms with van der Waals surface area (Å²) in [5.74, 6) is 0. The minimum atomic E-state index is -0.396. The van der Waals surface area contributed by atoms with Crippen molar-refractivity contribution in [2.45, 2.75) is 38.5 Å². The molecule has 0 saturated heterocycles. The molecule has 1 fully saturated rings. The van der Waals surface area contributed by atoms with E-state index in [4.69, 9.17) is 0 Å². The predicted octanol–water partition coefficient (Wildman–Crippen LogP) is 4.84. The SMILES string of the molecule is O=[N+]([O-])c1cccc(-c2csc(NN=C3CCCCCC3)n2)c1. The lowest BCUT2D eigenvalue weighted by Crippen LogP contribution is -2.00. The lowest BCUT2D eigenvalue weighted by molar-refractivity contribution is -0.384. The van der Waals surface area contributed by atoms with E-state index in [-0.39, 0.29) is 5.69 Å². The van der Waals surface area contributed by atoms with Gasteiger partial charge in [0.2, 0.25) is 5.13 Å². The summed E-state index contributed by atoms with van der Waals surface area (Å²) in [6, 6.07) is 6.51. The number of non-ortho nitro benzene ring substituents is 1. The molecule has 0 radical (unpaired) electrons. The van der Waals surface area contributed by atoms with Gasteiger partial charge in [-0.25, -0.2) is 4.98 Å². The van der Waals surface area contributed by atoms with Gasteiger partial charge in [-0.1, -0.05) is 25.0 Å². The Morgan fingerprint density at radius 2 is 2.00 bits per heavy atom. The normalized spacial score (nSPS) is 15.0. The van der Waals surface area contributed by atoms with Crippen LogP contribution in [0.4, 0.5) is 10.8 Å². The van der Waals surface area contributed by atoms with Gasteiger partial charge in [0.1, 0.15) is 0 Å². The van der Waals surface area contributed by atoms with Gasteiger partial charge in [-0.3, -0.25) is 15.5 Å². The van der Waals surface area contributed by atoms with Crippen LogP contribution in [0.3, 0.4) is 0 Å². The Morgan fingerprint density at radius 3 is 2.74 bits per heavy atom. The van der Waals surface area contributed by atoms with Crippen LogP contribution in [0.5, 0.6) is 0 Å². The van der Waals surface area contributed by atoms with E-state index in [0.717, 1.165) is 24.1 Å². The van der Waals surface area contributed by atoms with E-state index >= 15 is 0 Å². The van der Waals surface area contributed by atoms with Gasteiger partial charge in [0.05, 0.1) is 10.6 Å². The molecular formula is C16H18N4O2S. The molecule has 1 aliphatic rings. The molecule has 1 heterocycles. The summed E-state index contributed by atoms with van der Waals surface area (Å²) in [6.07, 6.45) is 7.08. The number of rotatable bonds is 4. The molecule has 2 aromatic rings. The van der Waals surface area contributed by atoms with Crippen LogP contribution in [0.25, 0.3) is 11.3 Å². The zero-order valence-corrected chi connectivity index (χ0v) is 13.5. The smallest absolute Gasteiger partial charge is 0.258 e. The highest BCUT2D eigenvalue weighted by molar-refractivity contribution is 7.14. The maximum Gasteiger partial charge on any atom is 0.270 e. The fraction of sp³-hybridized carbons (Fsp3) is 0.375. The van der Waals surface area contributed by atoms with Crippen LogP contribution in [0.1, 0.15) is 38.5 Å². The Kier molecular flexibility index (Phi) is 4.97. The van der Waals surface area contributed by atoms with Crippen molar-refractivity contribution >= 4 is 27.9 Å². The molecule has 1 aromatic carbocycles. The zero-order chi connectivity index (χ0) is 16.1. The molecule has 0 atom stereocenters. The molecule has 1 N–H and O–H groups in total. The van der Waals surface area contributed by atoms with Crippen molar-refractivity contribution < 1.29 is 4.92 Å². The molecule has 120 valence electrons. The van der Waals surface area contributed by atoms with Crippen molar-refractivity contribution in [3.63, 3.8) is 0 Å². The predicted molar refractivity (Wildman–Crippen MR) is 93.0 cm³/mol. The minimum absolute atomic E-state index is 0.0729. The van der Waals surface area contributed by atoms with Gasteiger partial charge in [0.25, 0.3) is 5.69 Å². The van der Waals surface area contributed by atoms with Crippen LogP contribution in [-0.2, 0) is 0 Å². The number of benzene rings is 1. The maximum atomic E-state index is 10.9. The standard InChI is InChI=1S/C16H18N4O2S/c21-20(22)14-9-5-6-12(10-14)15-11-23-16(17-15)19-18-13-7-3-1-2-4-8-13/h5-6,9-11H,1-4,7-8H2,(H,17,19). The first kappa shape index (κ1) is 15.6. The summed E-state index contributed by atoms with van der Waals surface area (Å²) >= 11 is 1.45. The molecule has 0 aliphatic heterocycles. The van der Waals surface area contributed by atoms with Gasteiger partial charge in [0, 0.05) is 28.8 Å². The Morgan fingerprint density at radius 1 is 1.22 bits per heavy atom. The van der Waals surface area contributed by atoms with Gasteiger partial charge in [-0.2, -0.15) is 5.10 Å². The third kappa shape index (κ3) is 4.13. The van der Waals surface area contributed by atoms with Crippen LogP contribution in [0.2, 0.25) is 0 Å². The average molecular weight is 330 g/mol. The first-order valence-electron chi connectivity index (χ1n) is 7.74. The second-order valence-electron chi connectivity index (χ2n) is 5.55. The second-order valence-corrected chi connectivity index (χ2v) is 6.41. The number of anilines is 1. The first-order chi connectivity index (χ1) is 11.2. The fourth-order valence-corrected chi connectivity index (χ4v) is 3.27. The molecule has 6 nitrogen and oxygen atoms in total. The summed E-state index contributed by atoms with van der Waals surface area (Å²) < 4.78 is 0. The zero-order valence-electron chi connectivity index (χ0n) is 12.7. The maximum absolute atomic E-state index is 10.9. The monoisotopic (exact) mass is 330 g/mol. The summed E-state index contributed by atoms with van der Waals surface area (Å²) in [6.45, 7) is 0. The summed E-state index contributed by atoms with van der Waals surface area (Å²) in [5, 5.41) is 17.9. The Labute approximate surface area is 138 Å². The molecule has 1 aliphatic carbocycles. The van der Waals surface area contributed by atoms with Crippen LogP contribution in [0.15, 0.2) is 34.7 Å². The van der Waals surface area contributed by atoms with E-state index < -0.39 is 4.92 Å². The molecular weight excluding hydrogens is 312 g/mol. The van der Waals surface area contributed by atoms with E-state index in [9.17, 15) is 10.1 Å². The van der Waals surface area contributed by atoms with Gasteiger partial charge in [-0.05, 0) is 25.7 Å².